The van der Waals surface area contributed by atoms with E-state index in [1.807, 2.05) is 20.8 Å². The Kier molecular flexibility index (Phi) is 6.94. The number of hydrogen-bond acceptors (Lipinski definition) is 4. The smallest absolute Gasteiger partial charge is 0.300 e. The van der Waals surface area contributed by atoms with Gasteiger partial charge in [0.05, 0.1) is 18.2 Å². The number of amides is 1. The predicted molar refractivity (Wildman–Crippen MR) is 134 cm³/mol. The minimum Gasteiger partial charge on any atom is -0.507 e. The number of aryl methyl sites for hydroxylation is 1. The van der Waals surface area contributed by atoms with Crippen molar-refractivity contribution in [2.45, 2.75) is 26.8 Å². The largest absolute Gasteiger partial charge is 0.507 e. The lowest BCUT2D eigenvalue weighted by atomic mass is 9.94. The number of ketones is 1. The maximum atomic E-state index is 14.0. The Morgan fingerprint density at radius 3 is 2.43 bits per heavy atom. The number of hydrogen-bond donors (Lipinski definition) is 1. The van der Waals surface area contributed by atoms with Crippen molar-refractivity contribution in [3.8, 4) is 5.75 Å². The zero-order valence-electron chi connectivity index (χ0n) is 19.6. The molecule has 0 aromatic heterocycles. The van der Waals surface area contributed by atoms with Crippen molar-refractivity contribution in [3.05, 3.63) is 99.8 Å². The fraction of sp³-hybridized carbons (Fsp3) is 0.214. The van der Waals surface area contributed by atoms with E-state index in [-0.39, 0.29) is 17.0 Å². The molecule has 1 fully saturated rings. The zero-order chi connectivity index (χ0) is 25.3. The Hall–Kier alpha value is -3.64. The van der Waals surface area contributed by atoms with Crippen molar-refractivity contribution in [2.75, 3.05) is 11.5 Å². The first-order chi connectivity index (χ1) is 16.7. The molecule has 1 heterocycles. The summed E-state index contributed by atoms with van der Waals surface area (Å²) in [5.74, 6) is -1.56. The topological polar surface area (TPSA) is 66.8 Å². The molecule has 5 nitrogen and oxygen atoms in total. The number of benzene rings is 3. The SMILES string of the molecule is Cc1cc(/C(O)=C2\C(=O)C(=O)N(c3cccc(F)c3)C2c2ccc(Cl)cc2)ccc1OCC(C)C. The molecule has 1 amide bonds. The highest BCUT2D eigenvalue weighted by Gasteiger charge is 2.47. The molecular formula is C28H25ClFNO4. The van der Waals surface area contributed by atoms with Gasteiger partial charge in [-0.1, -0.05) is 43.6 Å². The standard InChI is InChI=1S/C28H25ClFNO4/c1-16(2)15-35-23-12-9-19(13-17(23)3)26(32)24-25(18-7-10-20(29)11-8-18)31(28(34)27(24)33)22-6-4-5-21(30)14-22/h4-14,16,25,32H,15H2,1-3H3/b26-24+. The highest BCUT2D eigenvalue weighted by atomic mass is 35.5. The normalized spacial score (nSPS) is 17.3. The van der Waals surface area contributed by atoms with Gasteiger partial charge in [0.1, 0.15) is 17.3 Å². The van der Waals surface area contributed by atoms with Gasteiger partial charge in [-0.2, -0.15) is 0 Å². The molecule has 180 valence electrons. The fourth-order valence-electron chi connectivity index (χ4n) is 4.06. The van der Waals surface area contributed by atoms with Crippen molar-refractivity contribution < 1.29 is 23.8 Å². The second kappa shape index (κ2) is 9.92. The lowest BCUT2D eigenvalue weighted by Gasteiger charge is -2.25. The van der Waals surface area contributed by atoms with E-state index in [0.29, 0.717) is 34.4 Å². The van der Waals surface area contributed by atoms with E-state index in [9.17, 15) is 19.1 Å². The molecule has 0 spiro atoms. The molecule has 1 aliphatic rings. The van der Waals surface area contributed by atoms with Crippen molar-refractivity contribution in [2.24, 2.45) is 5.92 Å². The molecule has 3 aromatic carbocycles. The maximum Gasteiger partial charge on any atom is 0.300 e. The Morgan fingerprint density at radius 2 is 1.80 bits per heavy atom. The van der Waals surface area contributed by atoms with Crippen LogP contribution in [-0.4, -0.2) is 23.4 Å². The van der Waals surface area contributed by atoms with Crippen LogP contribution in [0.15, 0.2) is 72.3 Å². The summed E-state index contributed by atoms with van der Waals surface area (Å²) < 4.78 is 19.8. The summed E-state index contributed by atoms with van der Waals surface area (Å²) >= 11 is 6.05. The summed E-state index contributed by atoms with van der Waals surface area (Å²) in [5, 5.41) is 11.8. The number of aliphatic hydroxyl groups is 1. The Bertz CT molecular complexity index is 1320. The summed E-state index contributed by atoms with van der Waals surface area (Å²) in [4.78, 5) is 27.6. The van der Waals surface area contributed by atoms with E-state index in [1.165, 1.54) is 23.1 Å². The van der Waals surface area contributed by atoms with E-state index in [1.54, 1.807) is 48.5 Å². The maximum absolute atomic E-state index is 14.0. The molecule has 4 rings (SSSR count). The molecule has 1 N–H and O–H groups in total. The molecule has 0 bridgehead atoms. The highest BCUT2D eigenvalue weighted by Crippen LogP contribution is 2.42. The average Bonchev–Trinajstić information content (AvgIpc) is 3.08. The number of carbonyl (C=O) groups is 2. The van der Waals surface area contributed by atoms with Gasteiger partial charge in [0.15, 0.2) is 0 Å². The molecule has 7 heteroatoms. The van der Waals surface area contributed by atoms with Crippen molar-refractivity contribution >= 4 is 34.7 Å². The second-order valence-electron chi connectivity index (χ2n) is 8.89. The van der Waals surface area contributed by atoms with Gasteiger partial charge in [-0.25, -0.2) is 4.39 Å². The van der Waals surface area contributed by atoms with Gasteiger partial charge in [0, 0.05) is 16.3 Å². The van der Waals surface area contributed by atoms with E-state index in [0.717, 1.165) is 5.56 Å². The van der Waals surface area contributed by atoms with Gasteiger partial charge in [-0.05, 0) is 72.5 Å². The summed E-state index contributed by atoms with van der Waals surface area (Å²) in [5.41, 5.74) is 1.82. The number of rotatable bonds is 6. The lowest BCUT2D eigenvalue weighted by molar-refractivity contribution is -0.132. The number of Topliss-reactive ketones (excluding diaryl/α,β-unsaturated/α-hetero) is 1. The van der Waals surface area contributed by atoms with Crippen LogP contribution < -0.4 is 9.64 Å². The number of halogens is 2. The highest BCUT2D eigenvalue weighted by molar-refractivity contribution is 6.51. The molecular weight excluding hydrogens is 469 g/mol. The first-order valence-corrected chi connectivity index (χ1v) is 11.6. The van der Waals surface area contributed by atoms with Crippen LogP contribution >= 0.6 is 11.6 Å². The van der Waals surface area contributed by atoms with Crippen molar-refractivity contribution in [1.82, 2.24) is 0 Å². The predicted octanol–water partition coefficient (Wildman–Crippen LogP) is 6.45. The van der Waals surface area contributed by atoms with Crippen LogP contribution in [-0.2, 0) is 9.59 Å². The van der Waals surface area contributed by atoms with Gasteiger partial charge in [-0.15, -0.1) is 0 Å². The zero-order valence-corrected chi connectivity index (χ0v) is 20.3. The van der Waals surface area contributed by atoms with Gasteiger partial charge < -0.3 is 9.84 Å². The lowest BCUT2D eigenvalue weighted by Crippen LogP contribution is -2.29. The van der Waals surface area contributed by atoms with Crippen LogP contribution in [0.3, 0.4) is 0 Å². The van der Waals surface area contributed by atoms with Crippen molar-refractivity contribution in [3.63, 3.8) is 0 Å². The van der Waals surface area contributed by atoms with E-state index in [2.05, 4.69) is 0 Å². The molecule has 1 unspecified atom stereocenters. The van der Waals surface area contributed by atoms with Crippen LogP contribution in [0.25, 0.3) is 5.76 Å². The number of aliphatic hydroxyl groups excluding tert-OH is 1. The van der Waals surface area contributed by atoms with E-state index >= 15 is 0 Å². The Morgan fingerprint density at radius 1 is 1.09 bits per heavy atom. The summed E-state index contributed by atoms with van der Waals surface area (Å²) in [6.45, 7) is 6.48. The minimum atomic E-state index is -0.966. The first-order valence-electron chi connectivity index (χ1n) is 11.2. The van der Waals surface area contributed by atoms with E-state index < -0.39 is 23.5 Å². The summed E-state index contributed by atoms with van der Waals surface area (Å²) in [6, 6.07) is 16.2. The third kappa shape index (κ3) is 4.93. The summed E-state index contributed by atoms with van der Waals surface area (Å²) in [7, 11) is 0. The average molecular weight is 494 g/mol. The van der Waals surface area contributed by atoms with Gasteiger partial charge in [-0.3, -0.25) is 14.5 Å². The van der Waals surface area contributed by atoms with Crippen LogP contribution in [0, 0.1) is 18.7 Å². The van der Waals surface area contributed by atoms with Crippen molar-refractivity contribution in [1.29, 1.82) is 0 Å². The van der Waals surface area contributed by atoms with Crippen LogP contribution in [0.2, 0.25) is 5.02 Å². The van der Waals surface area contributed by atoms with Gasteiger partial charge >= 0.3 is 0 Å². The first kappa shape index (κ1) is 24.5. The number of nitrogens with zero attached hydrogens (tertiary/aromatic N) is 1. The molecule has 1 saturated heterocycles. The molecule has 35 heavy (non-hydrogen) atoms. The number of ether oxygens (including phenoxy) is 1. The third-order valence-electron chi connectivity index (χ3n) is 5.74. The minimum absolute atomic E-state index is 0.0863. The number of anilines is 1. The Labute approximate surface area is 208 Å². The van der Waals surface area contributed by atoms with Gasteiger partial charge in [0.25, 0.3) is 11.7 Å². The van der Waals surface area contributed by atoms with Crippen LogP contribution in [0.4, 0.5) is 10.1 Å². The Balaban J connectivity index is 1.85. The molecule has 1 atom stereocenters. The van der Waals surface area contributed by atoms with E-state index in [4.69, 9.17) is 16.3 Å². The molecule has 0 saturated carbocycles. The van der Waals surface area contributed by atoms with Crippen LogP contribution in [0.5, 0.6) is 5.75 Å². The summed E-state index contributed by atoms with van der Waals surface area (Å²) in [6.07, 6.45) is 0. The third-order valence-corrected chi connectivity index (χ3v) is 5.99. The van der Waals surface area contributed by atoms with Crippen LogP contribution in [0.1, 0.15) is 36.6 Å². The molecule has 3 aromatic rings. The quantitative estimate of drug-likeness (QED) is 0.243. The monoisotopic (exact) mass is 493 g/mol. The second-order valence-corrected chi connectivity index (χ2v) is 9.32. The molecule has 0 radical (unpaired) electrons. The van der Waals surface area contributed by atoms with Gasteiger partial charge in [0.2, 0.25) is 0 Å². The number of carbonyl (C=O) groups excluding carboxylic acids is 2. The molecule has 0 aliphatic carbocycles. The molecule has 1 aliphatic heterocycles. The fourth-order valence-corrected chi connectivity index (χ4v) is 4.18.